The van der Waals surface area contributed by atoms with Gasteiger partial charge in [-0.05, 0) is 73.2 Å². The van der Waals surface area contributed by atoms with Gasteiger partial charge in [-0.15, -0.1) is 0 Å². The van der Waals surface area contributed by atoms with Gasteiger partial charge < -0.3 is 23.6 Å². The van der Waals surface area contributed by atoms with Crippen molar-refractivity contribution in [2.24, 2.45) is 0 Å². The van der Waals surface area contributed by atoms with Gasteiger partial charge in [0.15, 0.2) is 0 Å². The lowest BCUT2D eigenvalue weighted by Gasteiger charge is -2.38. The second-order valence-corrected chi connectivity index (χ2v) is 14.2. The Morgan fingerprint density at radius 2 is 1.73 bits per heavy atom. The molecule has 2 aromatic heterocycles. The maximum Gasteiger partial charge on any atom is 0.427 e. The molecule has 51 heavy (non-hydrogen) atoms. The van der Waals surface area contributed by atoms with E-state index in [2.05, 4.69) is 26.2 Å². The summed E-state index contributed by atoms with van der Waals surface area (Å²) in [6.45, 7) is 8.75. The number of likely N-dealkylation sites (N-methyl/N-ethyl adjacent to an activating group) is 1. The van der Waals surface area contributed by atoms with Crippen molar-refractivity contribution in [2.45, 2.75) is 108 Å². The molecule has 0 aliphatic carbocycles. The molecular weight excluding hydrogens is 681 g/mol. The molecule has 276 valence electrons. The molecule has 0 saturated carbocycles. The molecule has 4 heterocycles. The third-order valence-corrected chi connectivity index (χ3v) is 8.83. The van der Waals surface area contributed by atoms with Crippen LogP contribution in [0.5, 0.6) is 11.8 Å². The predicted octanol–water partition coefficient (Wildman–Crippen LogP) is 6.60. The highest BCUT2D eigenvalue weighted by Gasteiger charge is 2.50. The third kappa shape index (κ3) is 8.66. The topological polar surface area (TPSA) is 140 Å². The molecule has 2 aliphatic rings. The number of carbonyl (C=O) groups excluding carboxylic acids is 1. The van der Waals surface area contributed by atoms with Crippen LogP contribution < -0.4 is 9.47 Å². The van der Waals surface area contributed by atoms with Gasteiger partial charge in [0, 0.05) is 24.9 Å². The van der Waals surface area contributed by atoms with E-state index in [1.165, 1.54) is 24.8 Å². The van der Waals surface area contributed by atoms with Crippen molar-refractivity contribution < 1.29 is 45.5 Å². The second kappa shape index (κ2) is 14.6. The normalized spacial score (nSPS) is 20.9. The fraction of sp³-hybridized carbons (Fsp3) is 0.588. The SMILES string of the molecule is CN1CCC[C@H]1[C@H](Oc1cc(O[C@H]2CCN(C(=O)OC(C)(C)C)[C@H](CC#N)C2)nc(-c2noc(C(C)(C)c3c(F)cccc3F)n2)n1)C(F)(F)F. The number of hydrogen-bond acceptors (Lipinski definition) is 11. The smallest absolute Gasteiger partial charge is 0.427 e. The van der Waals surface area contributed by atoms with Crippen molar-refractivity contribution in [3.63, 3.8) is 0 Å². The molecule has 0 radical (unpaired) electrons. The number of halogens is 5. The Kier molecular flexibility index (Phi) is 10.8. The fourth-order valence-electron chi connectivity index (χ4n) is 6.36. The van der Waals surface area contributed by atoms with E-state index in [1.807, 2.05) is 0 Å². The molecular formula is C34H40F5N7O5. The summed E-state index contributed by atoms with van der Waals surface area (Å²) in [6, 6.07) is 5.02. The summed E-state index contributed by atoms with van der Waals surface area (Å²) >= 11 is 0. The first-order valence-corrected chi connectivity index (χ1v) is 16.5. The minimum atomic E-state index is -4.76. The van der Waals surface area contributed by atoms with Crippen LogP contribution >= 0.6 is 0 Å². The van der Waals surface area contributed by atoms with E-state index in [0.29, 0.717) is 13.0 Å². The molecule has 17 heteroatoms. The van der Waals surface area contributed by atoms with Crippen molar-refractivity contribution >= 4 is 6.09 Å². The number of nitrogens with zero attached hydrogens (tertiary/aromatic N) is 7. The highest BCUT2D eigenvalue weighted by molar-refractivity contribution is 5.68. The number of rotatable bonds is 9. The summed E-state index contributed by atoms with van der Waals surface area (Å²) in [5, 5.41) is 13.4. The highest BCUT2D eigenvalue weighted by Crippen LogP contribution is 2.37. The van der Waals surface area contributed by atoms with Gasteiger partial charge in [0.1, 0.15) is 23.3 Å². The van der Waals surface area contributed by atoms with Crippen LogP contribution in [0.3, 0.4) is 0 Å². The first-order chi connectivity index (χ1) is 23.9. The van der Waals surface area contributed by atoms with Crippen molar-refractivity contribution in [2.75, 3.05) is 20.1 Å². The number of benzene rings is 1. The van der Waals surface area contributed by atoms with Gasteiger partial charge in [-0.3, -0.25) is 4.90 Å². The third-order valence-electron chi connectivity index (χ3n) is 8.83. The van der Waals surface area contributed by atoms with Crippen LogP contribution in [0.2, 0.25) is 0 Å². The minimum absolute atomic E-state index is 0.0192. The zero-order valence-corrected chi connectivity index (χ0v) is 29.1. The summed E-state index contributed by atoms with van der Waals surface area (Å²) < 4.78 is 95.4. The first kappa shape index (κ1) is 37.7. The standard InChI is InChI=1S/C34H40F5N7O5/c1-32(2,3)50-31(47)46-16-13-20(17-19(46)12-14-40)48-24-18-25(49-27(34(37,38)39)23-11-8-15-45(23)6)42-28(41-24)29-43-30(51-44-29)33(4,5)26-21(35)9-7-10-22(26)36/h7,9-10,18-20,23,27H,8,11-13,15-17H2,1-6H3/t19-,20+,23+,27+/m1/s1. The van der Waals surface area contributed by atoms with E-state index >= 15 is 0 Å². The zero-order chi connectivity index (χ0) is 37.3. The number of piperidine rings is 1. The molecule has 12 nitrogen and oxygen atoms in total. The molecule has 1 amide bonds. The van der Waals surface area contributed by atoms with Crippen LogP contribution in [0.4, 0.5) is 26.7 Å². The number of likely N-dealkylation sites (tertiary alicyclic amines) is 2. The fourth-order valence-corrected chi connectivity index (χ4v) is 6.36. The van der Waals surface area contributed by atoms with E-state index in [4.69, 9.17) is 18.7 Å². The van der Waals surface area contributed by atoms with E-state index in [9.17, 15) is 32.0 Å². The molecule has 2 fully saturated rings. The van der Waals surface area contributed by atoms with Gasteiger partial charge in [-0.2, -0.15) is 33.4 Å². The van der Waals surface area contributed by atoms with E-state index < -0.39 is 65.1 Å². The first-order valence-electron chi connectivity index (χ1n) is 16.5. The van der Waals surface area contributed by atoms with Gasteiger partial charge in [-0.1, -0.05) is 11.2 Å². The minimum Gasteiger partial charge on any atom is -0.474 e. The summed E-state index contributed by atoms with van der Waals surface area (Å²) in [6.07, 6.45) is -6.97. The average molecular weight is 722 g/mol. The summed E-state index contributed by atoms with van der Waals surface area (Å²) in [5.41, 5.74) is -2.56. The number of nitriles is 1. The van der Waals surface area contributed by atoms with Gasteiger partial charge in [0.25, 0.3) is 0 Å². The Bertz CT molecular complexity index is 1740. The highest BCUT2D eigenvalue weighted by atomic mass is 19.4. The summed E-state index contributed by atoms with van der Waals surface area (Å²) in [5.74, 6) is -3.20. The summed E-state index contributed by atoms with van der Waals surface area (Å²) in [7, 11) is 1.59. The second-order valence-electron chi connectivity index (χ2n) is 14.2. The van der Waals surface area contributed by atoms with Gasteiger partial charge in [-0.25, -0.2) is 13.6 Å². The number of amides is 1. The maximum absolute atomic E-state index is 14.8. The number of aromatic nitrogens is 4. The van der Waals surface area contributed by atoms with Crippen LogP contribution in [0, 0.1) is 23.0 Å². The lowest BCUT2D eigenvalue weighted by Crippen LogP contribution is -2.50. The molecule has 0 spiro atoms. The van der Waals surface area contributed by atoms with Crippen molar-refractivity contribution in [1.29, 1.82) is 5.26 Å². The van der Waals surface area contributed by atoms with Crippen LogP contribution in [0.25, 0.3) is 11.6 Å². The molecule has 5 rings (SSSR count). The van der Waals surface area contributed by atoms with Gasteiger partial charge in [0.2, 0.25) is 35.4 Å². The maximum atomic E-state index is 14.8. The molecule has 2 saturated heterocycles. The van der Waals surface area contributed by atoms with Crippen LogP contribution in [0.15, 0.2) is 28.8 Å². The molecule has 3 aromatic rings. The number of alkyl halides is 3. The van der Waals surface area contributed by atoms with Crippen molar-refractivity contribution in [1.82, 2.24) is 29.9 Å². The lowest BCUT2D eigenvalue weighted by atomic mass is 9.83. The van der Waals surface area contributed by atoms with Gasteiger partial charge >= 0.3 is 12.3 Å². The van der Waals surface area contributed by atoms with Crippen molar-refractivity contribution in [3.8, 4) is 29.5 Å². The Morgan fingerprint density at radius 3 is 2.33 bits per heavy atom. The Balaban J connectivity index is 1.48. The van der Waals surface area contributed by atoms with Crippen LogP contribution in [-0.4, -0.2) is 92.2 Å². The largest absolute Gasteiger partial charge is 0.474 e. The number of carbonyl (C=O) groups is 1. The molecule has 0 unspecified atom stereocenters. The zero-order valence-electron chi connectivity index (χ0n) is 29.1. The summed E-state index contributed by atoms with van der Waals surface area (Å²) in [4.78, 5) is 28.7. The number of ether oxygens (including phenoxy) is 3. The molecule has 0 bridgehead atoms. The lowest BCUT2D eigenvalue weighted by molar-refractivity contribution is -0.209. The molecule has 2 aliphatic heterocycles. The van der Waals surface area contributed by atoms with E-state index in [-0.39, 0.29) is 61.2 Å². The van der Waals surface area contributed by atoms with Crippen LogP contribution in [-0.2, 0) is 10.2 Å². The molecule has 4 atom stereocenters. The Hall–Kier alpha value is -4.59. The quantitative estimate of drug-likeness (QED) is 0.221. The van der Waals surface area contributed by atoms with Crippen LogP contribution in [0.1, 0.15) is 78.2 Å². The predicted molar refractivity (Wildman–Crippen MR) is 171 cm³/mol. The molecule has 0 N–H and O–H groups in total. The molecule has 1 aromatic carbocycles. The van der Waals surface area contributed by atoms with E-state index in [1.54, 1.807) is 32.7 Å². The number of hydrogen-bond donors (Lipinski definition) is 0. The van der Waals surface area contributed by atoms with E-state index in [0.717, 1.165) is 18.2 Å². The average Bonchev–Trinajstić information content (AvgIpc) is 3.69. The monoisotopic (exact) mass is 721 g/mol. The Labute approximate surface area is 291 Å². The van der Waals surface area contributed by atoms with Gasteiger partial charge in [0.05, 0.1) is 36.1 Å². The Morgan fingerprint density at radius 1 is 1.04 bits per heavy atom. The van der Waals surface area contributed by atoms with Crippen molar-refractivity contribution in [3.05, 3.63) is 47.4 Å².